The fraction of sp³-hybridized carbons (Fsp3) is 0.500. The van der Waals surface area contributed by atoms with Crippen LogP contribution in [-0.2, 0) is 17.6 Å². The molecule has 12 heavy (non-hydrogen) atoms. The highest BCUT2D eigenvalue weighted by Crippen LogP contribution is 2.24. The number of H-pyrrole nitrogens is 1. The van der Waals surface area contributed by atoms with Crippen molar-refractivity contribution in [2.45, 2.75) is 19.3 Å². The molecular formula is C8H9ClN2O. The molecule has 1 aliphatic rings. The van der Waals surface area contributed by atoms with Gasteiger partial charge in [-0.25, -0.2) is 4.98 Å². The SMILES string of the molecule is O=C(Cl)[C@@H]1CCc2[nH]cnc2C1. The van der Waals surface area contributed by atoms with Crippen molar-refractivity contribution in [2.75, 3.05) is 0 Å². The van der Waals surface area contributed by atoms with Crippen LogP contribution in [0.15, 0.2) is 6.33 Å². The Hall–Kier alpha value is -0.830. The van der Waals surface area contributed by atoms with Crippen molar-refractivity contribution in [3.05, 3.63) is 17.7 Å². The van der Waals surface area contributed by atoms with Crippen LogP contribution >= 0.6 is 11.6 Å². The molecule has 0 radical (unpaired) electrons. The Morgan fingerprint density at radius 2 is 2.58 bits per heavy atom. The molecule has 0 fully saturated rings. The van der Waals surface area contributed by atoms with E-state index >= 15 is 0 Å². The first-order chi connectivity index (χ1) is 5.77. The highest BCUT2D eigenvalue weighted by atomic mass is 35.5. The molecule has 0 saturated carbocycles. The predicted octanol–water partition coefficient (Wildman–Crippen LogP) is 1.28. The summed E-state index contributed by atoms with van der Waals surface area (Å²) in [5.41, 5.74) is 2.16. The average molecular weight is 185 g/mol. The highest BCUT2D eigenvalue weighted by Gasteiger charge is 2.24. The number of nitrogens with zero attached hydrogens (tertiary/aromatic N) is 1. The lowest BCUT2D eigenvalue weighted by molar-refractivity contribution is -0.115. The van der Waals surface area contributed by atoms with Gasteiger partial charge in [0.05, 0.1) is 12.0 Å². The van der Waals surface area contributed by atoms with Gasteiger partial charge in [-0.3, -0.25) is 4.79 Å². The number of halogens is 1. The van der Waals surface area contributed by atoms with Crippen LogP contribution in [0.3, 0.4) is 0 Å². The van der Waals surface area contributed by atoms with Gasteiger partial charge in [-0.2, -0.15) is 0 Å². The maximum atomic E-state index is 10.9. The van der Waals surface area contributed by atoms with Gasteiger partial charge in [0.15, 0.2) is 0 Å². The number of hydrogen-bond donors (Lipinski definition) is 1. The van der Waals surface area contributed by atoms with Crippen LogP contribution < -0.4 is 0 Å². The summed E-state index contributed by atoms with van der Waals surface area (Å²) >= 11 is 5.41. The highest BCUT2D eigenvalue weighted by molar-refractivity contribution is 6.64. The first-order valence-electron chi connectivity index (χ1n) is 3.98. The Balaban J connectivity index is 2.20. The molecule has 1 aliphatic carbocycles. The van der Waals surface area contributed by atoms with Gasteiger partial charge in [0.2, 0.25) is 5.24 Å². The number of nitrogens with one attached hydrogen (secondary N) is 1. The third kappa shape index (κ3) is 1.25. The van der Waals surface area contributed by atoms with Crippen molar-refractivity contribution >= 4 is 16.8 Å². The molecule has 0 amide bonds. The number of aryl methyl sites for hydroxylation is 1. The maximum Gasteiger partial charge on any atom is 0.225 e. The molecule has 1 N–H and O–H groups in total. The molecule has 1 aromatic rings. The summed E-state index contributed by atoms with van der Waals surface area (Å²) in [6.07, 6.45) is 4.10. The molecule has 0 aliphatic heterocycles. The zero-order chi connectivity index (χ0) is 8.55. The van der Waals surface area contributed by atoms with E-state index in [0.29, 0.717) is 6.42 Å². The molecule has 0 bridgehead atoms. The molecule has 1 aromatic heterocycles. The summed E-state index contributed by atoms with van der Waals surface area (Å²) in [5, 5.41) is -0.233. The third-order valence-corrected chi connectivity index (χ3v) is 2.62. The molecule has 0 aromatic carbocycles. The summed E-state index contributed by atoms with van der Waals surface area (Å²) in [6, 6.07) is 0. The quantitative estimate of drug-likeness (QED) is 0.669. The van der Waals surface area contributed by atoms with Crippen LogP contribution in [0.25, 0.3) is 0 Å². The normalized spacial score (nSPS) is 21.9. The number of carbonyl (C=O) groups excluding carboxylic acids is 1. The van der Waals surface area contributed by atoms with Crippen LogP contribution in [0.4, 0.5) is 0 Å². The van der Waals surface area contributed by atoms with Crippen LogP contribution in [0, 0.1) is 5.92 Å². The van der Waals surface area contributed by atoms with E-state index in [1.54, 1.807) is 6.33 Å². The van der Waals surface area contributed by atoms with Gasteiger partial charge in [0.1, 0.15) is 0 Å². The molecular weight excluding hydrogens is 176 g/mol. The Morgan fingerprint density at radius 3 is 3.33 bits per heavy atom. The van der Waals surface area contributed by atoms with E-state index in [9.17, 15) is 4.79 Å². The van der Waals surface area contributed by atoms with Gasteiger partial charge < -0.3 is 4.98 Å². The standard InChI is InChI=1S/C8H9ClN2O/c9-8(12)5-1-2-6-7(3-5)11-4-10-6/h4-5H,1-3H2,(H,10,11)/t5-/m1/s1. The molecule has 0 spiro atoms. The van der Waals surface area contributed by atoms with Crippen molar-refractivity contribution in [2.24, 2.45) is 5.92 Å². The van der Waals surface area contributed by atoms with Crippen molar-refractivity contribution < 1.29 is 4.79 Å². The minimum atomic E-state index is -0.233. The number of aromatic nitrogens is 2. The van der Waals surface area contributed by atoms with Crippen LogP contribution in [0.2, 0.25) is 0 Å². The third-order valence-electron chi connectivity index (χ3n) is 2.31. The Labute approximate surface area is 75.1 Å². The first-order valence-corrected chi connectivity index (χ1v) is 4.35. The second-order valence-electron chi connectivity index (χ2n) is 3.07. The van der Waals surface area contributed by atoms with Crippen LogP contribution in [0.1, 0.15) is 17.8 Å². The molecule has 1 atom stereocenters. The monoisotopic (exact) mass is 184 g/mol. The molecule has 4 heteroatoms. The van der Waals surface area contributed by atoms with E-state index in [2.05, 4.69) is 9.97 Å². The van der Waals surface area contributed by atoms with Gasteiger partial charge in [-0.1, -0.05) is 0 Å². The largest absolute Gasteiger partial charge is 0.348 e. The smallest absolute Gasteiger partial charge is 0.225 e. The molecule has 3 nitrogen and oxygen atoms in total. The van der Waals surface area contributed by atoms with E-state index < -0.39 is 0 Å². The molecule has 1 heterocycles. The van der Waals surface area contributed by atoms with E-state index in [-0.39, 0.29) is 11.2 Å². The Kier molecular flexibility index (Phi) is 1.89. The number of fused-ring (bicyclic) bond motifs is 1. The van der Waals surface area contributed by atoms with Crippen molar-refractivity contribution in [3.8, 4) is 0 Å². The number of aromatic amines is 1. The zero-order valence-electron chi connectivity index (χ0n) is 6.51. The minimum Gasteiger partial charge on any atom is -0.348 e. The van der Waals surface area contributed by atoms with Crippen LogP contribution in [0.5, 0.6) is 0 Å². The summed E-state index contributed by atoms with van der Waals surface area (Å²) in [5.74, 6) is -0.0255. The number of carbonyl (C=O) groups is 1. The fourth-order valence-corrected chi connectivity index (χ4v) is 1.78. The molecule has 0 saturated heterocycles. The van der Waals surface area contributed by atoms with E-state index in [0.717, 1.165) is 24.2 Å². The van der Waals surface area contributed by atoms with Crippen LogP contribution in [-0.4, -0.2) is 15.2 Å². The number of imidazole rings is 1. The van der Waals surface area contributed by atoms with Gasteiger partial charge in [-0.15, -0.1) is 0 Å². The minimum absolute atomic E-state index is 0.0255. The topological polar surface area (TPSA) is 45.8 Å². The van der Waals surface area contributed by atoms with Gasteiger partial charge >= 0.3 is 0 Å². The van der Waals surface area contributed by atoms with Crippen molar-refractivity contribution in [3.63, 3.8) is 0 Å². The number of hydrogen-bond acceptors (Lipinski definition) is 2. The molecule has 2 rings (SSSR count). The maximum absolute atomic E-state index is 10.9. The Bertz CT molecular complexity index is 308. The lowest BCUT2D eigenvalue weighted by Crippen LogP contribution is -2.19. The molecule has 0 unspecified atom stereocenters. The van der Waals surface area contributed by atoms with Gasteiger partial charge in [0.25, 0.3) is 0 Å². The van der Waals surface area contributed by atoms with Gasteiger partial charge in [0, 0.05) is 18.0 Å². The number of rotatable bonds is 1. The van der Waals surface area contributed by atoms with E-state index in [1.807, 2.05) is 0 Å². The fourth-order valence-electron chi connectivity index (χ4n) is 1.59. The lowest BCUT2D eigenvalue weighted by atomic mass is 9.91. The van der Waals surface area contributed by atoms with Gasteiger partial charge in [-0.05, 0) is 24.4 Å². The van der Waals surface area contributed by atoms with Crippen molar-refractivity contribution in [1.82, 2.24) is 9.97 Å². The second-order valence-corrected chi connectivity index (χ2v) is 3.44. The first kappa shape index (κ1) is 7.80. The molecule has 64 valence electrons. The van der Waals surface area contributed by atoms with E-state index in [4.69, 9.17) is 11.6 Å². The summed E-state index contributed by atoms with van der Waals surface area (Å²) in [6.45, 7) is 0. The summed E-state index contributed by atoms with van der Waals surface area (Å²) in [7, 11) is 0. The second kappa shape index (κ2) is 2.90. The Morgan fingerprint density at radius 1 is 1.75 bits per heavy atom. The average Bonchev–Trinajstić information content (AvgIpc) is 2.49. The predicted molar refractivity (Wildman–Crippen MR) is 45.0 cm³/mol. The lowest BCUT2D eigenvalue weighted by Gasteiger charge is -2.16. The summed E-state index contributed by atoms with van der Waals surface area (Å²) in [4.78, 5) is 18.0. The zero-order valence-corrected chi connectivity index (χ0v) is 7.27. The summed E-state index contributed by atoms with van der Waals surface area (Å²) < 4.78 is 0. The van der Waals surface area contributed by atoms with Crippen molar-refractivity contribution in [1.29, 1.82) is 0 Å². The van der Waals surface area contributed by atoms with E-state index in [1.165, 1.54) is 0 Å².